The Labute approximate surface area is 118 Å². The summed E-state index contributed by atoms with van der Waals surface area (Å²) >= 11 is 1.46. The number of benzene rings is 1. The standard InChI is InChI=1S/C14H20N2O2S/c1-8(2)12(13(17)16-14(15)18)19-11-6-5-9(3)7-10(11)4/h5-8,12H,1-4H3,(H3,15,16,17,18)/t12-/m0/s1. The van der Waals surface area contributed by atoms with Crippen LogP contribution in [0.15, 0.2) is 23.1 Å². The molecule has 0 saturated heterocycles. The largest absolute Gasteiger partial charge is 0.351 e. The van der Waals surface area contributed by atoms with Crippen LogP contribution in [0.3, 0.4) is 0 Å². The topological polar surface area (TPSA) is 72.2 Å². The van der Waals surface area contributed by atoms with E-state index in [-0.39, 0.29) is 17.1 Å². The third-order valence-electron chi connectivity index (χ3n) is 2.69. The van der Waals surface area contributed by atoms with Gasteiger partial charge < -0.3 is 5.73 Å². The molecule has 1 rings (SSSR count). The Hall–Kier alpha value is -1.49. The molecule has 1 aromatic carbocycles. The van der Waals surface area contributed by atoms with E-state index < -0.39 is 6.03 Å². The van der Waals surface area contributed by atoms with Crippen LogP contribution in [0.5, 0.6) is 0 Å². The molecule has 0 bridgehead atoms. The molecule has 0 unspecified atom stereocenters. The monoisotopic (exact) mass is 280 g/mol. The third-order valence-corrected chi connectivity index (χ3v) is 4.42. The maximum Gasteiger partial charge on any atom is 0.318 e. The van der Waals surface area contributed by atoms with Crippen molar-refractivity contribution in [2.24, 2.45) is 11.7 Å². The highest BCUT2D eigenvalue weighted by atomic mass is 32.2. The Morgan fingerprint density at radius 3 is 2.37 bits per heavy atom. The summed E-state index contributed by atoms with van der Waals surface area (Å²) in [5.41, 5.74) is 7.31. The van der Waals surface area contributed by atoms with Crippen molar-refractivity contribution in [2.75, 3.05) is 0 Å². The van der Waals surface area contributed by atoms with Crippen LogP contribution in [0.2, 0.25) is 0 Å². The fraction of sp³-hybridized carbons (Fsp3) is 0.429. The molecular formula is C14H20N2O2S. The minimum atomic E-state index is -0.808. The second kappa shape index (κ2) is 6.61. The highest BCUT2D eigenvalue weighted by molar-refractivity contribution is 8.00. The number of nitrogens with two attached hydrogens (primary N) is 1. The summed E-state index contributed by atoms with van der Waals surface area (Å²) in [5, 5.41) is 1.82. The summed E-state index contributed by atoms with van der Waals surface area (Å²) in [7, 11) is 0. The van der Waals surface area contributed by atoms with E-state index in [1.807, 2.05) is 39.8 Å². The van der Waals surface area contributed by atoms with Crippen LogP contribution >= 0.6 is 11.8 Å². The van der Waals surface area contributed by atoms with Crippen molar-refractivity contribution >= 4 is 23.7 Å². The first-order chi connectivity index (χ1) is 8.81. The Kier molecular flexibility index (Phi) is 5.42. The van der Waals surface area contributed by atoms with Gasteiger partial charge in [0.15, 0.2) is 0 Å². The molecule has 104 valence electrons. The summed E-state index contributed by atoms with van der Waals surface area (Å²) in [4.78, 5) is 23.8. The number of thioether (sulfide) groups is 1. The third kappa shape index (κ3) is 4.59. The van der Waals surface area contributed by atoms with Crippen LogP contribution in [0.4, 0.5) is 4.79 Å². The lowest BCUT2D eigenvalue weighted by Gasteiger charge is -2.20. The van der Waals surface area contributed by atoms with Gasteiger partial charge >= 0.3 is 6.03 Å². The highest BCUT2D eigenvalue weighted by Crippen LogP contribution is 2.31. The molecule has 0 saturated carbocycles. The van der Waals surface area contributed by atoms with Crippen LogP contribution < -0.4 is 11.1 Å². The number of rotatable bonds is 4. The summed E-state index contributed by atoms with van der Waals surface area (Å²) in [6.07, 6.45) is 0. The summed E-state index contributed by atoms with van der Waals surface area (Å²) in [6.45, 7) is 7.93. The smallest absolute Gasteiger partial charge is 0.318 e. The summed E-state index contributed by atoms with van der Waals surface area (Å²) in [6, 6.07) is 5.28. The van der Waals surface area contributed by atoms with Gasteiger partial charge in [0.1, 0.15) is 0 Å². The lowest BCUT2D eigenvalue weighted by atomic mass is 10.1. The number of amides is 3. The first kappa shape index (κ1) is 15.6. The molecule has 4 nitrogen and oxygen atoms in total. The van der Waals surface area contributed by atoms with Gasteiger partial charge in [-0.3, -0.25) is 10.1 Å². The van der Waals surface area contributed by atoms with Crippen molar-refractivity contribution in [3.63, 3.8) is 0 Å². The molecule has 0 aliphatic heterocycles. The van der Waals surface area contributed by atoms with Crippen LogP contribution in [-0.4, -0.2) is 17.2 Å². The Balaban J connectivity index is 2.89. The van der Waals surface area contributed by atoms with Gasteiger partial charge in [0, 0.05) is 4.90 Å². The molecular weight excluding hydrogens is 260 g/mol. The number of aryl methyl sites for hydroxylation is 2. The molecule has 19 heavy (non-hydrogen) atoms. The van der Waals surface area contributed by atoms with Crippen LogP contribution in [-0.2, 0) is 4.79 Å². The second-order valence-electron chi connectivity index (χ2n) is 4.90. The van der Waals surface area contributed by atoms with E-state index in [1.54, 1.807) is 0 Å². The zero-order chi connectivity index (χ0) is 14.6. The van der Waals surface area contributed by atoms with Gasteiger partial charge in [-0.15, -0.1) is 11.8 Å². The summed E-state index contributed by atoms with van der Waals surface area (Å²) in [5.74, 6) is -0.238. The van der Waals surface area contributed by atoms with Gasteiger partial charge in [-0.1, -0.05) is 31.5 Å². The predicted octanol–water partition coefficient (Wildman–Crippen LogP) is 2.62. The minimum absolute atomic E-state index is 0.102. The fourth-order valence-corrected chi connectivity index (χ4v) is 2.86. The number of carbonyl (C=O) groups excluding carboxylic acids is 2. The van der Waals surface area contributed by atoms with Gasteiger partial charge in [-0.2, -0.15) is 0 Å². The molecule has 0 radical (unpaired) electrons. The average Bonchev–Trinajstić information content (AvgIpc) is 2.26. The van der Waals surface area contributed by atoms with Crippen molar-refractivity contribution in [3.8, 4) is 0 Å². The number of primary amides is 1. The molecule has 0 aliphatic rings. The predicted molar refractivity (Wildman–Crippen MR) is 78.1 cm³/mol. The van der Waals surface area contributed by atoms with E-state index in [9.17, 15) is 9.59 Å². The molecule has 5 heteroatoms. The Morgan fingerprint density at radius 2 is 1.89 bits per heavy atom. The zero-order valence-electron chi connectivity index (χ0n) is 11.7. The molecule has 0 heterocycles. The van der Waals surface area contributed by atoms with Gasteiger partial charge in [0.2, 0.25) is 5.91 Å². The van der Waals surface area contributed by atoms with Crippen LogP contribution in [0, 0.1) is 19.8 Å². The highest BCUT2D eigenvalue weighted by Gasteiger charge is 2.24. The fourth-order valence-electron chi connectivity index (χ4n) is 1.75. The van der Waals surface area contributed by atoms with Crippen molar-refractivity contribution in [1.82, 2.24) is 5.32 Å². The van der Waals surface area contributed by atoms with E-state index in [1.165, 1.54) is 17.3 Å². The lowest BCUT2D eigenvalue weighted by Crippen LogP contribution is -2.42. The molecule has 0 fully saturated rings. The molecule has 3 amide bonds. The van der Waals surface area contributed by atoms with Crippen LogP contribution in [0.1, 0.15) is 25.0 Å². The second-order valence-corrected chi connectivity index (χ2v) is 6.09. The average molecular weight is 280 g/mol. The first-order valence-electron chi connectivity index (χ1n) is 6.15. The van der Waals surface area contributed by atoms with Crippen molar-refractivity contribution in [3.05, 3.63) is 29.3 Å². The molecule has 1 aromatic rings. The van der Waals surface area contributed by atoms with E-state index >= 15 is 0 Å². The van der Waals surface area contributed by atoms with E-state index in [2.05, 4.69) is 11.4 Å². The molecule has 1 atom stereocenters. The molecule has 0 aliphatic carbocycles. The van der Waals surface area contributed by atoms with Crippen molar-refractivity contribution in [1.29, 1.82) is 0 Å². The maximum atomic E-state index is 11.9. The molecule has 3 N–H and O–H groups in total. The number of carbonyl (C=O) groups is 2. The van der Waals surface area contributed by atoms with E-state index in [0.717, 1.165) is 10.5 Å². The van der Waals surface area contributed by atoms with Gasteiger partial charge in [0.05, 0.1) is 5.25 Å². The first-order valence-corrected chi connectivity index (χ1v) is 7.03. The van der Waals surface area contributed by atoms with Crippen molar-refractivity contribution < 1.29 is 9.59 Å². The SMILES string of the molecule is Cc1ccc(S[C@H](C(=O)NC(N)=O)C(C)C)c(C)c1. The van der Waals surface area contributed by atoms with Gasteiger partial charge in [-0.25, -0.2) is 4.79 Å². The number of hydrogen-bond acceptors (Lipinski definition) is 3. The quantitative estimate of drug-likeness (QED) is 0.833. The Morgan fingerprint density at radius 1 is 1.26 bits per heavy atom. The normalized spacial score (nSPS) is 12.3. The molecule has 0 spiro atoms. The summed E-state index contributed by atoms with van der Waals surface area (Å²) < 4.78 is 0. The molecule has 0 aromatic heterocycles. The minimum Gasteiger partial charge on any atom is -0.351 e. The zero-order valence-corrected chi connectivity index (χ0v) is 12.5. The van der Waals surface area contributed by atoms with Gasteiger partial charge in [-0.05, 0) is 31.4 Å². The van der Waals surface area contributed by atoms with E-state index in [4.69, 9.17) is 5.73 Å². The number of imide groups is 1. The number of hydrogen-bond donors (Lipinski definition) is 2. The maximum absolute atomic E-state index is 11.9. The Bertz CT molecular complexity index is 486. The van der Waals surface area contributed by atoms with E-state index in [0.29, 0.717) is 0 Å². The van der Waals surface area contributed by atoms with Crippen molar-refractivity contribution in [2.45, 2.75) is 37.8 Å². The van der Waals surface area contributed by atoms with Gasteiger partial charge in [0.25, 0.3) is 0 Å². The van der Waals surface area contributed by atoms with Crippen LogP contribution in [0.25, 0.3) is 0 Å². The lowest BCUT2D eigenvalue weighted by molar-refractivity contribution is -0.120. The number of nitrogens with one attached hydrogen (secondary N) is 1. The number of urea groups is 1.